The number of aliphatic imine (C=N–C) groups is 1. The quantitative estimate of drug-likeness (QED) is 0.235. The van der Waals surface area contributed by atoms with Crippen LogP contribution >= 0.6 is 24.0 Å². The minimum atomic E-state index is -0.114. The lowest BCUT2D eigenvalue weighted by atomic mass is 10.1. The molecule has 1 fully saturated rings. The molecule has 5 nitrogen and oxygen atoms in total. The predicted molar refractivity (Wildman–Crippen MR) is 116 cm³/mol. The SMILES string of the molecule is CCNC(=NCCN(C)CCCOC)NC1CC1c1ccccc1F.I. The number of halogens is 2. The first kappa shape index (κ1) is 23.1. The Hall–Kier alpha value is -0.930. The minimum absolute atomic E-state index is 0. The van der Waals surface area contributed by atoms with Crippen molar-refractivity contribution >= 4 is 29.9 Å². The average Bonchev–Trinajstić information content (AvgIpc) is 3.34. The highest BCUT2D eigenvalue weighted by Gasteiger charge is 2.40. The number of hydrogen-bond donors (Lipinski definition) is 2. The molecule has 1 saturated carbocycles. The van der Waals surface area contributed by atoms with Gasteiger partial charge in [0.15, 0.2) is 5.96 Å². The van der Waals surface area contributed by atoms with E-state index in [0.29, 0.717) is 0 Å². The van der Waals surface area contributed by atoms with Gasteiger partial charge in [0.2, 0.25) is 0 Å². The van der Waals surface area contributed by atoms with Crippen LogP contribution in [0.3, 0.4) is 0 Å². The Morgan fingerprint density at radius 2 is 2.12 bits per heavy atom. The van der Waals surface area contributed by atoms with E-state index in [-0.39, 0.29) is 41.8 Å². The first-order valence-corrected chi connectivity index (χ1v) is 9.12. The van der Waals surface area contributed by atoms with E-state index < -0.39 is 0 Å². The van der Waals surface area contributed by atoms with E-state index in [9.17, 15) is 4.39 Å². The summed E-state index contributed by atoms with van der Waals surface area (Å²) in [5, 5.41) is 6.70. The lowest BCUT2D eigenvalue weighted by Gasteiger charge is -2.16. The van der Waals surface area contributed by atoms with E-state index in [1.165, 1.54) is 6.07 Å². The fourth-order valence-corrected chi connectivity index (χ4v) is 2.89. The maximum Gasteiger partial charge on any atom is 0.191 e. The van der Waals surface area contributed by atoms with Crippen LogP contribution in [-0.4, -0.2) is 63.8 Å². The summed E-state index contributed by atoms with van der Waals surface area (Å²) in [7, 11) is 3.83. The van der Waals surface area contributed by atoms with Crippen molar-refractivity contribution in [2.24, 2.45) is 4.99 Å². The molecule has 0 bridgehead atoms. The van der Waals surface area contributed by atoms with Gasteiger partial charge in [-0.3, -0.25) is 4.99 Å². The molecule has 148 valence electrons. The van der Waals surface area contributed by atoms with Crippen LogP contribution in [-0.2, 0) is 4.74 Å². The maximum absolute atomic E-state index is 13.9. The molecule has 7 heteroatoms. The summed E-state index contributed by atoms with van der Waals surface area (Å²) in [6.45, 7) is 6.29. The summed E-state index contributed by atoms with van der Waals surface area (Å²) in [4.78, 5) is 6.90. The van der Waals surface area contributed by atoms with Gasteiger partial charge in [0.05, 0.1) is 6.54 Å². The summed E-state index contributed by atoms with van der Waals surface area (Å²) in [5.41, 5.74) is 0.800. The Kier molecular flexibility index (Phi) is 11.1. The van der Waals surface area contributed by atoms with Gasteiger partial charge in [-0.25, -0.2) is 4.39 Å². The number of likely N-dealkylation sites (N-methyl/N-ethyl adjacent to an activating group) is 1. The molecule has 2 rings (SSSR count). The number of nitrogens with zero attached hydrogens (tertiary/aromatic N) is 2. The molecule has 26 heavy (non-hydrogen) atoms. The second-order valence-electron chi connectivity index (χ2n) is 6.52. The second-order valence-corrected chi connectivity index (χ2v) is 6.52. The van der Waals surface area contributed by atoms with Gasteiger partial charge in [0.25, 0.3) is 0 Å². The Labute approximate surface area is 173 Å². The minimum Gasteiger partial charge on any atom is -0.385 e. The van der Waals surface area contributed by atoms with Crippen LogP contribution in [0.4, 0.5) is 4.39 Å². The zero-order valence-electron chi connectivity index (χ0n) is 16.0. The van der Waals surface area contributed by atoms with Crippen molar-refractivity contribution in [1.82, 2.24) is 15.5 Å². The van der Waals surface area contributed by atoms with Crippen LogP contribution < -0.4 is 10.6 Å². The number of guanidine groups is 1. The molecule has 0 saturated heterocycles. The normalized spacial score (nSPS) is 19.2. The van der Waals surface area contributed by atoms with Gasteiger partial charge in [-0.05, 0) is 38.4 Å². The molecule has 1 aliphatic rings. The number of benzene rings is 1. The van der Waals surface area contributed by atoms with Gasteiger partial charge >= 0.3 is 0 Å². The highest BCUT2D eigenvalue weighted by atomic mass is 127. The maximum atomic E-state index is 13.9. The number of hydrogen-bond acceptors (Lipinski definition) is 3. The van der Waals surface area contributed by atoms with Gasteiger partial charge in [0, 0.05) is 45.3 Å². The van der Waals surface area contributed by atoms with E-state index in [1.807, 2.05) is 12.1 Å². The Bertz CT molecular complexity index is 558. The topological polar surface area (TPSA) is 48.9 Å². The van der Waals surface area contributed by atoms with Crippen LogP contribution in [0.1, 0.15) is 31.2 Å². The molecule has 0 amide bonds. The predicted octanol–water partition coefficient (Wildman–Crippen LogP) is 2.82. The van der Waals surface area contributed by atoms with Gasteiger partial charge in [-0.1, -0.05) is 18.2 Å². The second kappa shape index (κ2) is 12.5. The smallest absolute Gasteiger partial charge is 0.191 e. The fraction of sp³-hybridized carbons (Fsp3) is 0.632. The van der Waals surface area contributed by atoms with Crippen LogP contribution in [0.15, 0.2) is 29.3 Å². The van der Waals surface area contributed by atoms with Gasteiger partial charge in [0.1, 0.15) is 5.82 Å². The van der Waals surface area contributed by atoms with Crippen molar-refractivity contribution in [3.63, 3.8) is 0 Å². The summed E-state index contributed by atoms with van der Waals surface area (Å²) < 4.78 is 18.9. The average molecular weight is 478 g/mol. The van der Waals surface area contributed by atoms with Crippen molar-refractivity contribution in [3.8, 4) is 0 Å². The Balaban J connectivity index is 0.00000338. The zero-order chi connectivity index (χ0) is 18.1. The molecule has 2 N–H and O–H groups in total. The first-order chi connectivity index (χ1) is 12.2. The summed E-state index contributed by atoms with van der Waals surface area (Å²) in [6, 6.07) is 7.30. The third-order valence-electron chi connectivity index (χ3n) is 4.40. The molecule has 0 spiro atoms. The third-order valence-corrected chi connectivity index (χ3v) is 4.40. The van der Waals surface area contributed by atoms with Crippen molar-refractivity contribution in [1.29, 1.82) is 0 Å². The van der Waals surface area contributed by atoms with E-state index in [1.54, 1.807) is 13.2 Å². The monoisotopic (exact) mass is 478 g/mol. The summed E-state index contributed by atoms with van der Waals surface area (Å²) in [6.07, 6.45) is 1.98. The highest BCUT2D eigenvalue weighted by Crippen LogP contribution is 2.41. The number of ether oxygens (including phenoxy) is 1. The summed E-state index contributed by atoms with van der Waals surface area (Å²) in [5.74, 6) is 0.940. The van der Waals surface area contributed by atoms with Crippen LogP contribution in [0.25, 0.3) is 0 Å². The third kappa shape index (κ3) is 7.75. The molecule has 2 unspecified atom stereocenters. The number of nitrogens with one attached hydrogen (secondary N) is 2. The van der Waals surface area contributed by atoms with Crippen LogP contribution in [0.2, 0.25) is 0 Å². The van der Waals surface area contributed by atoms with Crippen molar-refractivity contribution < 1.29 is 9.13 Å². The number of methoxy groups -OCH3 is 1. The van der Waals surface area contributed by atoms with Crippen molar-refractivity contribution in [3.05, 3.63) is 35.6 Å². The van der Waals surface area contributed by atoms with Crippen molar-refractivity contribution in [2.45, 2.75) is 31.7 Å². The van der Waals surface area contributed by atoms with Crippen molar-refractivity contribution in [2.75, 3.05) is 46.9 Å². The molecule has 0 heterocycles. The lowest BCUT2D eigenvalue weighted by molar-refractivity contribution is 0.180. The molecule has 1 aromatic carbocycles. The van der Waals surface area contributed by atoms with Gasteiger partial charge in [-0.15, -0.1) is 24.0 Å². The Morgan fingerprint density at radius 3 is 2.81 bits per heavy atom. The van der Waals surface area contributed by atoms with Crippen LogP contribution in [0.5, 0.6) is 0 Å². The molecule has 0 aromatic heterocycles. The lowest BCUT2D eigenvalue weighted by Crippen LogP contribution is -2.39. The standard InChI is InChI=1S/C19H31FN4O.HI/c1-4-21-19(22-10-12-24(2)11-7-13-25-3)23-18-14-16(18)15-8-5-6-9-17(15)20;/h5-6,8-9,16,18H,4,7,10-14H2,1-3H3,(H2,21,22,23);1H. The van der Waals surface area contributed by atoms with Gasteiger partial charge < -0.3 is 20.3 Å². The molecular formula is C19H32FIN4O. The summed E-state index contributed by atoms with van der Waals surface area (Å²) >= 11 is 0. The van der Waals surface area contributed by atoms with E-state index >= 15 is 0 Å². The Morgan fingerprint density at radius 1 is 1.35 bits per heavy atom. The molecule has 0 aliphatic heterocycles. The van der Waals surface area contributed by atoms with E-state index in [0.717, 1.165) is 57.2 Å². The largest absolute Gasteiger partial charge is 0.385 e. The molecule has 2 atom stereocenters. The van der Waals surface area contributed by atoms with Gasteiger partial charge in [-0.2, -0.15) is 0 Å². The molecule has 0 radical (unpaired) electrons. The highest BCUT2D eigenvalue weighted by molar-refractivity contribution is 14.0. The fourth-order valence-electron chi connectivity index (χ4n) is 2.89. The first-order valence-electron chi connectivity index (χ1n) is 9.12. The van der Waals surface area contributed by atoms with E-state index in [4.69, 9.17) is 4.74 Å². The molecule has 1 aromatic rings. The molecular weight excluding hydrogens is 446 g/mol. The number of rotatable bonds is 10. The zero-order valence-corrected chi connectivity index (χ0v) is 18.3. The molecule has 1 aliphatic carbocycles. The van der Waals surface area contributed by atoms with Crippen LogP contribution in [0, 0.1) is 5.82 Å². The van der Waals surface area contributed by atoms with E-state index in [2.05, 4.69) is 34.5 Å².